The van der Waals surface area contributed by atoms with Crippen molar-refractivity contribution in [3.8, 4) is 0 Å². The lowest BCUT2D eigenvalue weighted by Gasteiger charge is -2.51. The highest BCUT2D eigenvalue weighted by molar-refractivity contribution is 5.00. The van der Waals surface area contributed by atoms with Crippen LogP contribution in [0.4, 0.5) is 0 Å². The van der Waals surface area contributed by atoms with E-state index in [0.717, 1.165) is 26.2 Å². The van der Waals surface area contributed by atoms with Crippen LogP contribution in [0.5, 0.6) is 0 Å². The summed E-state index contributed by atoms with van der Waals surface area (Å²) in [5.41, 5.74) is 0.404. The van der Waals surface area contributed by atoms with Gasteiger partial charge in [-0.25, -0.2) is 0 Å². The van der Waals surface area contributed by atoms with Crippen molar-refractivity contribution in [2.45, 2.75) is 56.7 Å². The Morgan fingerprint density at radius 2 is 2.00 bits per heavy atom. The van der Waals surface area contributed by atoms with Gasteiger partial charge in [0.25, 0.3) is 0 Å². The Morgan fingerprint density at radius 3 is 2.55 bits per heavy atom. The molecule has 1 aliphatic carbocycles. The van der Waals surface area contributed by atoms with Crippen molar-refractivity contribution in [1.29, 1.82) is 0 Å². The molecule has 0 aromatic rings. The molecular formula is C16H33N3O. The summed E-state index contributed by atoms with van der Waals surface area (Å²) in [6.07, 6.45) is 6.40. The van der Waals surface area contributed by atoms with Crippen LogP contribution in [0.2, 0.25) is 0 Å². The van der Waals surface area contributed by atoms with Gasteiger partial charge in [-0.15, -0.1) is 0 Å². The smallest absolute Gasteiger partial charge is 0.0636 e. The fourth-order valence-electron chi connectivity index (χ4n) is 3.64. The second-order valence-electron chi connectivity index (χ2n) is 6.88. The number of hydrogen-bond donors (Lipinski definition) is 1. The van der Waals surface area contributed by atoms with Gasteiger partial charge in [0.15, 0.2) is 0 Å². The van der Waals surface area contributed by atoms with Crippen LogP contribution in [0.15, 0.2) is 0 Å². The minimum absolute atomic E-state index is 0.404. The zero-order valence-electron chi connectivity index (χ0n) is 13.8. The number of nitrogens with zero attached hydrogens (tertiary/aromatic N) is 2. The molecular weight excluding hydrogens is 250 g/mol. The molecule has 0 bridgehead atoms. The summed E-state index contributed by atoms with van der Waals surface area (Å²) in [4.78, 5) is 4.98. The van der Waals surface area contributed by atoms with Gasteiger partial charge in [-0.1, -0.05) is 6.92 Å². The predicted molar refractivity (Wildman–Crippen MR) is 84.2 cm³/mol. The predicted octanol–water partition coefficient (Wildman–Crippen LogP) is 1.56. The van der Waals surface area contributed by atoms with Crippen molar-refractivity contribution in [2.75, 3.05) is 47.4 Å². The van der Waals surface area contributed by atoms with Crippen LogP contribution in [0.25, 0.3) is 0 Å². The number of nitrogens with one attached hydrogen (secondary N) is 1. The second kappa shape index (κ2) is 7.21. The van der Waals surface area contributed by atoms with E-state index in [1.165, 1.54) is 32.2 Å². The van der Waals surface area contributed by atoms with Crippen LogP contribution < -0.4 is 5.32 Å². The molecule has 4 heteroatoms. The van der Waals surface area contributed by atoms with Crippen LogP contribution >= 0.6 is 0 Å². The van der Waals surface area contributed by atoms with E-state index in [9.17, 15) is 0 Å². The normalized spacial score (nSPS) is 29.7. The summed E-state index contributed by atoms with van der Waals surface area (Å²) in [6, 6.07) is 1.11. The van der Waals surface area contributed by atoms with E-state index in [-0.39, 0.29) is 0 Å². The van der Waals surface area contributed by atoms with E-state index in [0.29, 0.717) is 17.6 Å². The van der Waals surface area contributed by atoms with Gasteiger partial charge in [0.05, 0.1) is 6.61 Å². The van der Waals surface area contributed by atoms with Crippen molar-refractivity contribution in [3.63, 3.8) is 0 Å². The van der Waals surface area contributed by atoms with Crippen LogP contribution in [0.1, 0.15) is 39.0 Å². The summed E-state index contributed by atoms with van der Waals surface area (Å²) in [5, 5.41) is 3.72. The summed E-state index contributed by atoms with van der Waals surface area (Å²) in [7, 11) is 6.75. The average Bonchev–Trinajstić information content (AvgIpc) is 2.40. The average molecular weight is 283 g/mol. The maximum Gasteiger partial charge on any atom is 0.0636 e. The first kappa shape index (κ1) is 16.2. The van der Waals surface area contributed by atoms with Gasteiger partial charge in [-0.2, -0.15) is 0 Å². The summed E-state index contributed by atoms with van der Waals surface area (Å²) in [5.74, 6) is 0. The van der Waals surface area contributed by atoms with Gasteiger partial charge in [-0.05, 0) is 59.8 Å². The molecule has 1 heterocycles. The van der Waals surface area contributed by atoms with Gasteiger partial charge in [0.1, 0.15) is 0 Å². The molecule has 2 aliphatic rings. The fourth-order valence-corrected chi connectivity index (χ4v) is 3.64. The Morgan fingerprint density at radius 1 is 1.25 bits per heavy atom. The highest BCUT2D eigenvalue weighted by Crippen LogP contribution is 2.37. The zero-order chi connectivity index (χ0) is 14.6. The highest BCUT2D eigenvalue weighted by atomic mass is 16.5. The quantitative estimate of drug-likeness (QED) is 0.767. The largest absolute Gasteiger partial charge is 0.380 e. The Balaban J connectivity index is 1.93. The van der Waals surface area contributed by atoms with Crippen LogP contribution in [-0.4, -0.2) is 74.9 Å². The molecule has 0 aromatic heterocycles. The lowest BCUT2D eigenvalue weighted by molar-refractivity contribution is -0.0327. The second-order valence-corrected chi connectivity index (χ2v) is 6.88. The third-order valence-electron chi connectivity index (χ3n) is 5.33. The molecule has 0 spiro atoms. The summed E-state index contributed by atoms with van der Waals surface area (Å²) >= 11 is 0. The third-order valence-corrected chi connectivity index (χ3v) is 5.33. The summed E-state index contributed by atoms with van der Waals surface area (Å²) < 4.78 is 5.74. The van der Waals surface area contributed by atoms with Crippen molar-refractivity contribution in [1.82, 2.24) is 15.1 Å². The first-order chi connectivity index (χ1) is 9.59. The highest BCUT2D eigenvalue weighted by Gasteiger charge is 2.42. The molecule has 0 radical (unpaired) electrons. The molecule has 4 nitrogen and oxygen atoms in total. The van der Waals surface area contributed by atoms with E-state index in [1.54, 1.807) is 0 Å². The summed E-state index contributed by atoms with van der Waals surface area (Å²) in [6.45, 7) is 6.30. The lowest BCUT2D eigenvalue weighted by Crippen LogP contribution is -2.62. The fraction of sp³-hybridized carbons (Fsp3) is 1.00. The van der Waals surface area contributed by atoms with Crippen molar-refractivity contribution in [3.05, 3.63) is 0 Å². The molecule has 0 aromatic carbocycles. The topological polar surface area (TPSA) is 27.7 Å². The molecule has 2 rings (SSSR count). The number of hydrogen-bond acceptors (Lipinski definition) is 4. The first-order valence-electron chi connectivity index (χ1n) is 8.28. The van der Waals surface area contributed by atoms with Crippen molar-refractivity contribution >= 4 is 0 Å². The molecule has 2 unspecified atom stereocenters. The Labute approximate surface area is 124 Å². The van der Waals surface area contributed by atoms with Crippen LogP contribution in [0.3, 0.4) is 0 Å². The van der Waals surface area contributed by atoms with Gasteiger partial charge in [0, 0.05) is 30.8 Å². The van der Waals surface area contributed by atoms with Crippen molar-refractivity contribution in [2.24, 2.45) is 0 Å². The van der Waals surface area contributed by atoms with Crippen LogP contribution in [0, 0.1) is 0 Å². The maximum absolute atomic E-state index is 5.74. The van der Waals surface area contributed by atoms with E-state index in [1.807, 2.05) is 0 Å². The first-order valence-corrected chi connectivity index (χ1v) is 8.28. The minimum atomic E-state index is 0.404. The lowest BCUT2D eigenvalue weighted by atomic mass is 9.75. The standard InChI is InChI=1S/C16H33N3O/c1-5-10-17-14-7-11-20-12-15(14)19(4)13-16(18(2)3)8-6-9-16/h14-15,17H,5-13H2,1-4H3. The molecule has 20 heavy (non-hydrogen) atoms. The molecule has 1 aliphatic heterocycles. The zero-order valence-corrected chi connectivity index (χ0v) is 13.8. The Hall–Kier alpha value is -0.160. The molecule has 1 saturated heterocycles. The Kier molecular flexibility index (Phi) is 5.84. The maximum atomic E-state index is 5.74. The molecule has 1 N–H and O–H groups in total. The van der Waals surface area contributed by atoms with E-state index in [2.05, 4.69) is 43.2 Å². The Bertz CT molecular complexity index is 291. The number of rotatable bonds is 7. The molecule has 2 atom stereocenters. The van der Waals surface area contributed by atoms with Gasteiger partial charge in [0.2, 0.25) is 0 Å². The number of ether oxygens (including phenoxy) is 1. The van der Waals surface area contributed by atoms with Crippen LogP contribution in [-0.2, 0) is 4.74 Å². The number of likely N-dealkylation sites (N-methyl/N-ethyl adjacent to an activating group) is 2. The van der Waals surface area contributed by atoms with Crippen molar-refractivity contribution < 1.29 is 4.74 Å². The SMILES string of the molecule is CCCNC1CCOCC1N(C)CC1(N(C)C)CCC1. The minimum Gasteiger partial charge on any atom is -0.380 e. The van der Waals surface area contributed by atoms with Gasteiger partial charge in [-0.3, -0.25) is 4.90 Å². The van der Waals surface area contributed by atoms with Gasteiger partial charge < -0.3 is 15.0 Å². The van der Waals surface area contributed by atoms with E-state index < -0.39 is 0 Å². The molecule has 2 fully saturated rings. The third kappa shape index (κ3) is 3.53. The monoisotopic (exact) mass is 283 g/mol. The van der Waals surface area contributed by atoms with Gasteiger partial charge >= 0.3 is 0 Å². The van der Waals surface area contributed by atoms with E-state index >= 15 is 0 Å². The van der Waals surface area contributed by atoms with E-state index in [4.69, 9.17) is 4.74 Å². The molecule has 118 valence electrons. The molecule has 0 amide bonds. The molecule has 1 saturated carbocycles.